The minimum absolute atomic E-state index is 0.0983. The molecule has 0 spiro atoms. The second-order valence-corrected chi connectivity index (χ2v) is 4.64. The Morgan fingerprint density at radius 1 is 1.71 bits per heavy atom. The van der Waals surface area contributed by atoms with Crippen molar-refractivity contribution in [3.63, 3.8) is 0 Å². The van der Waals surface area contributed by atoms with Crippen LogP contribution in [0.3, 0.4) is 0 Å². The van der Waals surface area contributed by atoms with Gasteiger partial charge in [0.2, 0.25) is 6.31 Å². The molecule has 0 aliphatic rings. The third-order valence-corrected chi connectivity index (χ3v) is 3.37. The van der Waals surface area contributed by atoms with Crippen LogP contribution in [0.25, 0.3) is 0 Å². The molecule has 0 amide bonds. The van der Waals surface area contributed by atoms with Gasteiger partial charge in [-0.3, -0.25) is 0 Å². The lowest BCUT2D eigenvalue weighted by atomic mass is 10.2. The zero-order chi connectivity index (χ0) is 5.44. The normalized spacial score (nSPS) is 13.9. The van der Waals surface area contributed by atoms with E-state index in [1.54, 1.807) is 0 Å². The predicted molar refractivity (Wildman–Crippen MR) is 37.4 cm³/mol. The van der Waals surface area contributed by atoms with Gasteiger partial charge in [0.25, 0.3) is 0 Å². The first-order chi connectivity index (χ1) is 3.22. The summed E-state index contributed by atoms with van der Waals surface area (Å²) >= 11 is 5.00. The van der Waals surface area contributed by atoms with Crippen molar-refractivity contribution in [3.8, 4) is 0 Å². The molecule has 0 N–H and O–H groups in total. The highest BCUT2D eigenvalue weighted by molar-refractivity contribution is 8.16. The molecule has 0 aliphatic heterocycles. The second kappa shape index (κ2) is 1.65. The van der Waals surface area contributed by atoms with Gasteiger partial charge in [0, 0.05) is 5.92 Å². The molecule has 1 aromatic rings. The summed E-state index contributed by atoms with van der Waals surface area (Å²) in [4.78, 5) is 0. The van der Waals surface area contributed by atoms with Crippen LogP contribution in [-0.4, -0.2) is 0 Å². The number of hydrogen-bond donors (Lipinski definition) is 0. The van der Waals surface area contributed by atoms with Gasteiger partial charge in [-0.1, -0.05) is 13.8 Å². The summed E-state index contributed by atoms with van der Waals surface area (Å²) in [6.07, 6.45) is -0.0983. The molecule has 0 saturated carbocycles. The van der Waals surface area contributed by atoms with E-state index in [0.717, 1.165) is 5.92 Å². The number of rotatable bonds is 1. The van der Waals surface area contributed by atoms with Gasteiger partial charge in [-0.2, -0.15) is 0 Å². The highest BCUT2D eigenvalue weighted by Gasteiger charge is 2.22. The quantitative estimate of drug-likeness (QED) is 0.564. The fourth-order valence-electron chi connectivity index (χ4n) is 0.495. The molecule has 2 heteroatoms. The summed E-state index contributed by atoms with van der Waals surface area (Å²) in [7, 11) is 0. The summed E-state index contributed by atoms with van der Waals surface area (Å²) in [6.45, 7) is 4.39. The van der Waals surface area contributed by atoms with Gasteiger partial charge in [0.15, 0.2) is 22.9 Å². The molecule has 0 saturated heterocycles. The van der Waals surface area contributed by atoms with Crippen LogP contribution in [0.5, 0.6) is 0 Å². The molecule has 1 rings (SSSR count). The highest BCUT2D eigenvalue weighted by atomic mass is 32.4. The third kappa shape index (κ3) is 1.08. The van der Waals surface area contributed by atoms with E-state index in [2.05, 4.69) is 19.6 Å². The van der Waals surface area contributed by atoms with E-state index in [4.69, 9.17) is 11.8 Å². The lowest BCUT2D eigenvalue weighted by Gasteiger charge is -1.80. The van der Waals surface area contributed by atoms with Crippen LogP contribution in [0, 0.1) is 0 Å². The molecular weight excluding hydrogens is 123 g/mol. The lowest BCUT2D eigenvalue weighted by Crippen LogP contribution is -1.70. The van der Waals surface area contributed by atoms with Crippen molar-refractivity contribution in [2.45, 2.75) is 19.8 Å². The van der Waals surface area contributed by atoms with Gasteiger partial charge in [-0.05, 0) is 0 Å². The van der Waals surface area contributed by atoms with Crippen LogP contribution in [0.4, 0.5) is 0 Å². The second-order valence-electron chi connectivity index (χ2n) is 2.03. The lowest BCUT2D eigenvalue weighted by molar-refractivity contribution is 0.899. The standard InChI is InChI=1S/C5H8PS/c1-4(2)5-3-6(5)7/h3-4H,1-2H3/q+1. The maximum absolute atomic E-state index is 5.00. The molecule has 0 aromatic carbocycles. The minimum atomic E-state index is -0.0983. The first-order valence-electron chi connectivity index (χ1n) is 2.40. The van der Waals surface area contributed by atoms with Crippen molar-refractivity contribution in [3.05, 3.63) is 11.1 Å². The van der Waals surface area contributed by atoms with Crippen molar-refractivity contribution in [2.24, 2.45) is 0 Å². The zero-order valence-corrected chi connectivity index (χ0v) is 6.22. The van der Waals surface area contributed by atoms with Gasteiger partial charge < -0.3 is 0 Å². The van der Waals surface area contributed by atoms with Gasteiger partial charge in [-0.15, -0.1) is 0 Å². The third-order valence-electron chi connectivity index (χ3n) is 1.03. The van der Waals surface area contributed by atoms with Crippen molar-refractivity contribution in [2.75, 3.05) is 0 Å². The minimum Gasteiger partial charge on any atom is -0.0548 e. The average Bonchev–Trinajstić information content (AvgIpc) is 2.17. The Balaban J connectivity index is 2.67. The molecule has 0 fully saturated rings. The van der Waals surface area contributed by atoms with Gasteiger partial charge in [0.1, 0.15) is 0 Å². The first-order valence-corrected chi connectivity index (χ1v) is 4.82. The molecule has 1 heterocycles. The molecular formula is C5H8PS+. The Kier molecular flexibility index (Phi) is 1.27. The Bertz CT molecular complexity index is 171. The molecule has 0 radical (unpaired) electrons. The smallest absolute Gasteiger partial charge is 0.0548 e. The van der Waals surface area contributed by atoms with Crippen molar-refractivity contribution < 1.29 is 0 Å². The van der Waals surface area contributed by atoms with Crippen molar-refractivity contribution in [1.82, 2.24) is 0 Å². The molecule has 7 heavy (non-hydrogen) atoms. The molecule has 0 bridgehead atoms. The van der Waals surface area contributed by atoms with Crippen LogP contribution in [0.15, 0.2) is 5.80 Å². The Hall–Kier alpha value is 0.260. The SMILES string of the molecule is CC(C)c1c[p+]1=S. The molecule has 1 aromatic heterocycles. The average molecular weight is 131 g/mol. The van der Waals surface area contributed by atoms with E-state index in [-0.39, 0.29) is 6.31 Å². The molecule has 0 nitrogen and oxygen atoms in total. The van der Waals surface area contributed by atoms with E-state index in [1.165, 1.54) is 5.30 Å². The maximum atomic E-state index is 5.00. The Morgan fingerprint density at radius 2 is 2.14 bits per heavy atom. The van der Waals surface area contributed by atoms with Gasteiger partial charge >= 0.3 is 0 Å². The molecule has 0 aliphatic carbocycles. The highest BCUT2D eigenvalue weighted by Crippen LogP contribution is 2.41. The summed E-state index contributed by atoms with van der Waals surface area (Å²) in [5.74, 6) is 2.93. The maximum Gasteiger partial charge on any atom is 0.246 e. The van der Waals surface area contributed by atoms with E-state index < -0.39 is 0 Å². The van der Waals surface area contributed by atoms with Crippen LogP contribution >= 0.6 is 18.1 Å². The largest absolute Gasteiger partial charge is 0.246 e. The summed E-state index contributed by atoms with van der Waals surface area (Å²) in [5.41, 5.74) is 0. The van der Waals surface area contributed by atoms with E-state index >= 15 is 0 Å². The fraction of sp³-hybridized carbons (Fsp3) is 0.600. The molecule has 38 valence electrons. The Labute approximate surface area is 49.6 Å². The van der Waals surface area contributed by atoms with E-state index in [0.29, 0.717) is 0 Å². The van der Waals surface area contributed by atoms with Crippen molar-refractivity contribution >= 4 is 18.1 Å². The van der Waals surface area contributed by atoms with Crippen LogP contribution in [0.1, 0.15) is 25.1 Å². The first kappa shape index (κ1) is 5.40. The summed E-state index contributed by atoms with van der Waals surface area (Å²) in [6, 6.07) is 0. The van der Waals surface area contributed by atoms with Crippen LogP contribution < -0.4 is 0 Å². The molecule has 1 unspecified atom stereocenters. The Morgan fingerprint density at radius 3 is 2.14 bits per heavy atom. The topological polar surface area (TPSA) is 0 Å². The van der Waals surface area contributed by atoms with E-state index in [9.17, 15) is 0 Å². The van der Waals surface area contributed by atoms with Crippen LogP contribution in [-0.2, 0) is 0 Å². The predicted octanol–water partition coefficient (Wildman–Crippen LogP) is 3.20. The zero-order valence-electron chi connectivity index (χ0n) is 4.51. The molecule has 1 atom stereocenters. The van der Waals surface area contributed by atoms with Crippen LogP contribution in [0.2, 0.25) is 0 Å². The fourth-order valence-corrected chi connectivity index (χ4v) is 2.87. The summed E-state index contributed by atoms with van der Waals surface area (Å²) < 4.78 is 0. The van der Waals surface area contributed by atoms with E-state index in [1.807, 2.05) is 0 Å². The number of hydrogen-bond acceptors (Lipinski definition) is 1. The van der Waals surface area contributed by atoms with Gasteiger partial charge in [0.05, 0.1) is 0 Å². The monoisotopic (exact) mass is 131 g/mol. The summed E-state index contributed by atoms with van der Waals surface area (Å²) in [5, 5.41) is 1.52. The van der Waals surface area contributed by atoms with Crippen molar-refractivity contribution in [1.29, 1.82) is 0 Å². The van der Waals surface area contributed by atoms with Gasteiger partial charge in [-0.25, -0.2) is 0 Å².